The molecule has 3 rings (SSSR count). The number of nitrogens with zero attached hydrogens (tertiary/aromatic N) is 2. The highest BCUT2D eigenvalue weighted by Gasteiger charge is 2.29. The quantitative estimate of drug-likeness (QED) is 0.169. The molecule has 32 heavy (non-hydrogen) atoms. The van der Waals surface area contributed by atoms with Gasteiger partial charge in [-0.15, -0.1) is 0 Å². The fourth-order valence-corrected chi connectivity index (χ4v) is 4.30. The summed E-state index contributed by atoms with van der Waals surface area (Å²) in [4.78, 5) is 24.8. The van der Waals surface area contributed by atoms with Crippen LogP contribution in [0.2, 0.25) is 0 Å². The van der Waals surface area contributed by atoms with Crippen LogP contribution in [-0.2, 0) is 4.79 Å². The maximum atomic E-state index is 12.3. The van der Waals surface area contributed by atoms with Gasteiger partial charge in [0.05, 0.1) is 9.83 Å². The summed E-state index contributed by atoms with van der Waals surface area (Å²) in [7, 11) is 1.59. The zero-order chi connectivity index (χ0) is 23.4. The number of benzene rings is 2. The lowest BCUT2D eigenvalue weighted by Gasteiger charge is -2.15. The van der Waals surface area contributed by atoms with Crippen LogP contribution in [0.1, 0.15) is 36.5 Å². The second-order valence-corrected chi connectivity index (χ2v) is 9.29. The molecular weight excluding hydrogens is 448 g/mol. The molecule has 1 saturated heterocycles. The van der Waals surface area contributed by atoms with E-state index in [1.807, 2.05) is 13.0 Å². The molecule has 0 unspecified atom stereocenters. The number of thiocarbonyl (C=S) groups is 1. The molecule has 0 N–H and O–H groups in total. The Bertz CT molecular complexity index is 1100. The van der Waals surface area contributed by atoms with Gasteiger partial charge in [-0.1, -0.05) is 50.0 Å². The van der Waals surface area contributed by atoms with E-state index in [0.29, 0.717) is 33.1 Å². The van der Waals surface area contributed by atoms with Gasteiger partial charge in [0.1, 0.15) is 29.0 Å². The number of hydrogen-bond acceptors (Lipinski definition) is 7. The Balaban J connectivity index is 1.76. The van der Waals surface area contributed by atoms with Gasteiger partial charge in [-0.3, -0.25) is 19.8 Å². The van der Waals surface area contributed by atoms with Crippen LogP contribution in [-0.4, -0.2) is 40.3 Å². The number of carbonyl (C=O) groups is 1. The molecule has 7 nitrogen and oxygen atoms in total. The number of non-ortho nitro benzene ring substituents is 1. The van der Waals surface area contributed by atoms with Crippen molar-refractivity contribution >= 4 is 46.0 Å². The zero-order valence-electron chi connectivity index (χ0n) is 18.3. The molecule has 168 valence electrons. The van der Waals surface area contributed by atoms with Crippen molar-refractivity contribution in [1.82, 2.24) is 4.90 Å². The number of hydrogen-bond donors (Lipinski definition) is 0. The van der Waals surface area contributed by atoms with E-state index in [9.17, 15) is 14.9 Å². The second kappa shape index (κ2) is 10.1. The van der Waals surface area contributed by atoms with Crippen LogP contribution < -0.4 is 9.47 Å². The normalized spacial score (nSPS) is 15.0. The van der Waals surface area contributed by atoms with Gasteiger partial charge in [-0.2, -0.15) is 0 Å². The summed E-state index contributed by atoms with van der Waals surface area (Å²) in [5.74, 6) is 1.32. The molecule has 1 fully saturated rings. The molecule has 1 amide bonds. The SMILES string of the molecule is Cc1ccc(C(C)C)c(OCCOc2ccc([N+](=O)[O-])cc2C=C2SC(=S)N(C)C2=O)c1. The minimum Gasteiger partial charge on any atom is -0.490 e. The van der Waals surface area contributed by atoms with Crippen LogP contribution in [0.5, 0.6) is 11.5 Å². The first-order valence-electron chi connectivity index (χ1n) is 10.0. The third-order valence-corrected chi connectivity index (χ3v) is 6.35. The van der Waals surface area contributed by atoms with Crippen LogP contribution in [0, 0.1) is 17.0 Å². The molecule has 0 spiro atoms. The van der Waals surface area contributed by atoms with E-state index >= 15 is 0 Å². The Morgan fingerprint density at radius 3 is 2.44 bits per heavy atom. The van der Waals surface area contributed by atoms with Crippen LogP contribution >= 0.6 is 24.0 Å². The summed E-state index contributed by atoms with van der Waals surface area (Å²) in [6, 6.07) is 10.4. The predicted octanol–water partition coefficient (Wildman–Crippen LogP) is 5.32. The number of carbonyl (C=O) groups excluding carboxylic acids is 1. The maximum absolute atomic E-state index is 12.3. The fourth-order valence-electron chi connectivity index (χ4n) is 3.13. The van der Waals surface area contributed by atoms with Crippen molar-refractivity contribution in [2.24, 2.45) is 0 Å². The Kier molecular flexibility index (Phi) is 7.52. The summed E-state index contributed by atoms with van der Waals surface area (Å²) < 4.78 is 12.2. The maximum Gasteiger partial charge on any atom is 0.270 e. The van der Waals surface area contributed by atoms with Gasteiger partial charge in [0.2, 0.25) is 0 Å². The molecule has 0 aromatic heterocycles. The Labute approximate surface area is 196 Å². The molecule has 0 bridgehead atoms. The van der Waals surface area contributed by atoms with Crippen molar-refractivity contribution in [2.75, 3.05) is 20.3 Å². The summed E-state index contributed by atoms with van der Waals surface area (Å²) in [5, 5.41) is 11.2. The molecular formula is C23H24N2O5S2. The van der Waals surface area contributed by atoms with Gasteiger partial charge in [-0.25, -0.2) is 0 Å². The van der Waals surface area contributed by atoms with Crippen molar-refractivity contribution in [1.29, 1.82) is 0 Å². The zero-order valence-corrected chi connectivity index (χ0v) is 19.9. The van der Waals surface area contributed by atoms with E-state index in [1.54, 1.807) is 13.1 Å². The van der Waals surface area contributed by atoms with E-state index in [0.717, 1.165) is 28.6 Å². The number of ether oxygens (including phenoxy) is 2. The summed E-state index contributed by atoms with van der Waals surface area (Å²) in [5.41, 5.74) is 2.57. The first-order valence-corrected chi connectivity index (χ1v) is 11.3. The highest BCUT2D eigenvalue weighted by Crippen LogP contribution is 2.34. The Hall–Kier alpha value is -2.91. The summed E-state index contributed by atoms with van der Waals surface area (Å²) in [6.45, 7) is 6.76. The van der Waals surface area contributed by atoms with Gasteiger partial charge in [-0.05, 0) is 42.2 Å². The first kappa shape index (κ1) is 23.7. The van der Waals surface area contributed by atoms with Gasteiger partial charge in [0.25, 0.3) is 11.6 Å². The largest absolute Gasteiger partial charge is 0.490 e. The number of thioether (sulfide) groups is 1. The Morgan fingerprint density at radius 2 is 1.84 bits per heavy atom. The third kappa shape index (κ3) is 5.46. The number of likely N-dealkylation sites (N-methyl/N-ethyl adjacent to an activating group) is 1. The standard InChI is InChI=1S/C23H24N2O5S2/c1-14(2)18-7-5-15(3)11-20(18)30-10-9-29-19-8-6-17(25(27)28)12-16(19)13-21-22(26)24(4)23(31)32-21/h5-8,11-14H,9-10H2,1-4H3. The molecule has 2 aromatic rings. The summed E-state index contributed by atoms with van der Waals surface area (Å²) >= 11 is 6.30. The fraction of sp³-hybridized carbons (Fsp3) is 0.304. The summed E-state index contributed by atoms with van der Waals surface area (Å²) in [6.07, 6.45) is 1.57. The second-order valence-electron chi connectivity index (χ2n) is 7.61. The molecule has 9 heteroatoms. The molecule has 0 radical (unpaired) electrons. The number of rotatable bonds is 8. The first-order chi connectivity index (χ1) is 15.2. The topological polar surface area (TPSA) is 81.9 Å². The van der Waals surface area contributed by atoms with Crippen LogP contribution in [0.25, 0.3) is 6.08 Å². The van der Waals surface area contributed by atoms with E-state index < -0.39 is 4.92 Å². The molecule has 2 aromatic carbocycles. The lowest BCUT2D eigenvalue weighted by Crippen LogP contribution is -2.22. The average Bonchev–Trinajstić information content (AvgIpc) is 2.98. The minimum atomic E-state index is -0.486. The smallest absolute Gasteiger partial charge is 0.270 e. The van der Waals surface area contributed by atoms with E-state index in [2.05, 4.69) is 26.0 Å². The van der Waals surface area contributed by atoms with Gasteiger partial charge < -0.3 is 9.47 Å². The number of nitro benzene ring substituents is 1. The van der Waals surface area contributed by atoms with Crippen LogP contribution in [0.4, 0.5) is 5.69 Å². The number of amides is 1. The van der Waals surface area contributed by atoms with Gasteiger partial charge in [0, 0.05) is 24.7 Å². The van der Waals surface area contributed by atoms with Crippen molar-refractivity contribution in [2.45, 2.75) is 26.7 Å². The van der Waals surface area contributed by atoms with Crippen molar-refractivity contribution in [3.8, 4) is 11.5 Å². The molecule has 0 aliphatic carbocycles. The highest BCUT2D eigenvalue weighted by molar-refractivity contribution is 8.26. The minimum absolute atomic E-state index is 0.0897. The lowest BCUT2D eigenvalue weighted by atomic mass is 10.0. The van der Waals surface area contributed by atoms with E-state index in [-0.39, 0.29) is 18.2 Å². The predicted molar refractivity (Wildman–Crippen MR) is 130 cm³/mol. The van der Waals surface area contributed by atoms with Gasteiger partial charge >= 0.3 is 0 Å². The molecule has 1 aliphatic heterocycles. The number of nitro groups is 1. The van der Waals surface area contributed by atoms with Crippen molar-refractivity contribution in [3.63, 3.8) is 0 Å². The average molecular weight is 473 g/mol. The lowest BCUT2D eigenvalue weighted by molar-refractivity contribution is -0.384. The molecule has 0 saturated carbocycles. The highest BCUT2D eigenvalue weighted by atomic mass is 32.2. The van der Waals surface area contributed by atoms with Crippen molar-refractivity contribution in [3.05, 3.63) is 68.1 Å². The van der Waals surface area contributed by atoms with E-state index in [4.69, 9.17) is 21.7 Å². The van der Waals surface area contributed by atoms with Crippen LogP contribution in [0.15, 0.2) is 41.3 Å². The third-order valence-electron chi connectivity index (χ3n) is 4.87. The molecule has 1 aliphatic rings. The Morgan fingerprint density at radius 1 is 1.16 bits per heavy atom. The van der Waals surface area contributed by atoms with E-state index in [1.165, 1.54) is 23.1 Å². The van der Waals surface area contributed by atoms with Crippen LogP contribution in [0.3, 0.4) is 0 Å². The van der Waals surface area contributed by atoms with Crippen molar-refractivity contribution < 1.29 is 19.2 Å². The monoisotopic (exact) mass is 472 g/mol. The molecule has 0 atom stereocenters. The molecule has 1 heterocycles. The van der Waals surface area contributed by atoms with Gasteiger partial charge in [0.15, 0.2) is 0 Å². The number of aryl methyl sites for hydroxylation is 1.